The van der Waals surface area contributed by atoms with Crippen LogP contribution in [0.4, 0.5) is 5.69 Å². The van der Waals surface area contributed by atoms with Crippen molar-refractivity contribution in [1.82, 2.24) is 0 Å². The number of hydrogen-bond donors (Lipinski definition) is 2. The molecular formula is C17H18NO3-. The molecule has 0 amide bonds. The summed E-state index contributed by atoms with van der Waals surface area (Å²) in [5.74, 6) is -1.11. The van der Waals surface area contributed by atoms with Gasteiger partial charge in [-0.1, -0.05) is 55.5 Å². The number of carbonyl (C=O) groups excluding carboxylic acids is 1. The maximum atomic E-state index is 11.0. The summed E-state index contributed by atoms with van der Waals surface area (Å²) in [6.45, 7) is 2.02. The van der Waals surface area contributed by atoms with Crippen molar-refractivity contribution in [1.29, 1.82) is 0 Å². The zero-order valence-corrected chi connectivity index (χ0v) is 11.8. The number of aliphatic hydroxyl groups is 1. The molecule has 0 saturated carbocycles. The minimum Gasteiger partial charge on any atom is -0.545 e. The maximum absolute atomic E-state index is 11.0. The van der Waals surface area contributed by atoms with Crippen LogP contribution in [0.25, 0.3) is 0 Å². The normalized spacial score (nSPS) is 13.4. The number of aliphatic hydroxyl groups excluding tert-OH is 1. The Morgan fingerprint density at radius 2 is 1.76 bits per heavy atom. The highest BCUT2D eigenvalue weighted by Crippen LogP contribution is 2.22. The second kappa shape index (κ2) is 6.90. The van der Waals surface area contributed by atoms with Gasteiger partial charge >= 0.3 is 0 Å². The van der Waals surface area contributed by atoms with E-state index in [-0.39, 0.29) is 11.5 Å². The van der Waals surface area contributed by atoms with E-state index in [2.05, 4.69) is 5.32 Å². The minimum absolute atomic E-state index is 0.0453. The quantitative estimate of drug-likeness (QED) is 0.796. The summed E-state index contributed by atoms with van der Waals surface area (Å²) in [6.07, 6.45) is -0.355. The van der Waals surface area contributed by atoms with Crippen LogP contribution in [0.1, 0.15) is 35.2 Å². The molecule has 0 radical (unpaired) electrons. The summed E-state index contributed by atoms with van der Waals surface area (Å²) in [6, 6.07) is 16.3. The smallest absolute Gasteiger partial charge is 0.125 e. The summed E-state index contributed by atoms with van der Waals surface area (Å²) in [7, 11) is 0. The maximum Gasteiger partial charge on any atom is 0.125 e. The Bertz CT molecular complexity index is 598. The second-order valence-electron chi connectivity index (χ2n) is 5.04. The van der Waals surface area contributed by atoms with E-state index in [1.165, 1.54) is 6.07 Å². The predicted octanol–water partition coefficient (Wildman–Crippen LogP) is 1.97. The standard InChI is InChI=1S/C17H19NO3/c1-12(13-7-3-2-4-8-13)11-16(19)18-15-10-6-5-9-14(15)17(20)21/h2-10,12,16,18-19H,11H2,1H3,(H,20,21)/p-1. The number of carboxylic acid groups (broad SMARTS) is 1. The zero-order valence-electron chi connectivity index (χ0n) is 11.8. The van der Waals surface area contributed by atoms with Crippen molar-refractivity contribution in [3.63, 3.8) is 0 Å². The number of aromatic carboxylic acids is 1. The largest absolute Gasteiger partial charge is 0.545 e. The first-order valence-corrected chi connectivity index (χ1v) is 6.88. The number of para-hydroxylation sites is 1. The van der Waals surface area contributed by atoms with E-state index < -0.39 is 12.2 Å². The van der Waals surface area contributed by atoms with E-state index in [0.717, 1.165) is 5.56 Å². The molecule has 2 atom stereocenters. The predicted molar refractivity (Wildman–Crippen MR) is 79.9 cm³/mol. The van der Waals surface area contributed by atoms with E-state index in [4.69, 9.17) is 0 Å². The molecule has 0 heterocycles. The molecule has 0 aliphatic heterocycles. The van der Waals surface area contributed by atoms with E-state index in [1.807, 2.05) is 37.3 Å². The highest BCUT2D eigenvalue weighted by molar-refractivity contribution is 5.92. The Labute approximate surface area is 124 Å². The SMILES string of the molecule is CC(CC(O)Nc1ccccc1C(=O)[O-])c1ccccc1. The number of anilines is 1. The first kappa shape index (κ1) is 15.1. The van der Waals surface area contributed by atoms with Gasteiger partial charge in [-0.25, -0.2) is 0 Å². The van der Waals surface area contributed by atoms with Gasteiger partial charge in [0.05, 0.1) is 5.97 Å². The van der Waals surface area contributed by atoms with Gasteiger partial charge in [0, 0.05) is 11.3 Å². The third-order valence-corrected chi connectivity index (χ3v) is 3.41. The molecule has 0 spiro atoms. The van der Waals surface area contributed by atoms with Crippen LogP contribution in [-0.2, 0) is 0 Å². The van der Waals surface area contributed by atoms with Crippen LogP contribution in [0, 0.1) is 0 Å². The Hall–Kier alpha value is -2.33. The minimum atomic E-state index is -1.26. The van der Waals surface area contributed by atoms with E-state index in [9.17, 15) is 15.0 Å². The van der Waals surface area contributed by atoms with Crippen molar-refractivity contribution in [2.75, 3.05) is 5.32 Å². The van der Waals surface area contributed by atoms with Crippen LogP contribution in [0.3, 0.4) is 0 Å². The molecule has 0 aliphatic carbocycles. The highest BCUT2D eigenvalue weighted by Gasteiger charge is 2.13. The summed E-state index contributed by atoms with van der Waals surface area (Å²) < 4.78 is 0. The van der Waals surface area contributed by atoms with Crippen LogP contribution in [-0.4, -0.2) is 17.3 Å². The van der Waals surface area contributed by atoms with Gasteiger partial charge in [0.1, 0.15) is 6.23 Å². The molecule has 110 valence electrons. The Balaban J connectivity index is 2.02. The lowest BCUT2D eigenvalue weighted by Gasteiger charge is -2.21. The van der Waals surface area contributed by atoms with Crippen LogP contribution < -0.4 is 10.4 Å². The molecule has 0 aliphatic rings. The average Bonchev–Trinajstić information content (AvgIpc) is 2.48. The fraction of sp³-hybridized carbons (Fsp3) is 0.235. The third-order valence-electron chi connectivity index (χ3n) is 3.41. The van der Waals surface area contributed by atoms with Crippen LogP contribution in [0.5, 0.6) is 0 Å². The number of nitrogens with one attached hydrogen (secondary N) is 1. The van der Waals surface area contributed by atoms with Crippen molar-refractivity contribution < 1.29 is 15.0 Å². The van der Waals surface area contributed by atoms with Crippen LogP contribution in [0.2, 0.25) is 0 Å². The lowest BCUT2D eigenvalue weighted by molar-refractivity contribution is -0.254. The third kappa shape index (κ3) is 4.07. The second-order valence-corrected chi connectivity index (χ2v) is 5.04. The fourth-order valence-electron chi connectivity index (χ4n) is 2.28. The highest BCUT2D eigenvalue weighted by atomic mass is 16.4. The molecule has 2 aromatic rings. The molecule has 2 rings (SSSR count). The van der Waals surface area contributed by atoms with Gasteiger partial charge in [-0.15, -0.1) is 0 Å². The summed E-state index contributed by atoms with van der Waals surface area (Å²) in [5.41, 5.74) is 1.54. The van der Waals surface area contributed by atoms with Crippen molar-refractivity contribution in [2.45, 2.75) is 25.5 Å². The lowest BCUT2D eigenvalue weighted by Crippen LogP contribution is -2.27. The number of carboxylic acids is 1. The van der Waals surface area contributed by atoms with Gasteiger partial charge in [-0.2, -0.15) is 0 Å². The summed E-state index contributed by atoms with van der Waals surface area (Å²) in [5, 5.41) is 24.0. The molecule has 21 heavy (non-hydrogen) atoms. The summed E-state index contributed by atoms with van der Waals surface area (Å²) >= 11 is 0. The topological polar surface area (TPSA) is 72.4 Å². The zero-order chi connectivity index (χ0) is 15.2. The van der Waals surface area contributed by atoms with Crippen molar-refractivity contribution in [3.05, 3.63) is 65.7 Å². The van der Waals surface area contributed by atoms with E-state index >= 15 is 0 Å². The molecule has 4 heteroatoms. The molecular weight excluding hydrogens is 266 g/mol. The van der Waals surface area contributed by atoms with Gasteiger partial charge in [0.25, 0.3) is 0 Å². The first-order chi connectivity index (χ1) is 10.1. The van der Waals surface area contributed by atoms with Crippen molar-refractivity contribution in [3.8, 4) is 0 Å². The van der Waals surface area contributed by atoms with Crippen molar-refractivity contribution >= 4 is 11.7 Å². The van der Waals surface area contributed by atoms with E-state index in [1.54, 1.807) is 18.2 Å². The molecule has 2 N–H and O–H groups in total. The van der Waals surface area contributed by atoms with Crippen LogP contribution in [0.15, 0.2) is 54.6 Å². The number of rotatable bonds is 6. The molecule has 0 saturated heterocycles. The Morgan fingerprint density at radius 3 is 2.43 bits per heavy atom. The van der Waals surface area contributed by atoms with Crippen molar-refractivity contribution in [2.24, 2.45) is 0 Å². The number of carbonyl (C=O) groups is 1. The van der Waals surface area contributed by atoms with Gasteiger partial charge in [0.15, 0.2) is 0 Å². The monoisotopic (exact) mass is 284 g/mol. The lowest BCUT2D eigenvalue weighted by atomic mass is 9.97. The molecule has 2 aromatic carbocycles. The van der Waals surface area contributed by atoms with Crippen LogP contribution >= 0.6 is 0 Å². The Kier molecular flexibility index (Phi) is 4.95. The Morgan fingerprint density at radius 1 is 1.14 bits per heavy atom. The van der Waals surface area contributed by atoms with E-state index in [0.29, 0.717) is 12.1 Å². The number of benzene rings is 2. The molecule has 4 nitrogen and oxygen atoms in total. The molecule has 0 bridgehead atoms. The molecule has 2 unspecified atom stereocenters. The average molecular weight is 284 g/mol. The molecule has 0 fully saturated rings. The first-order valence-electron chi connectivity index (χ1n) is 6.88. The summed E-state index contributed by atoms with van der Waals surface area (Å²) in [4.78, 5) is 11.0. The fourth-order valence-corrected chi connectivity index (χ4v) is 2.28. The van der Waals surface area contributed by atoms with Gasteiger partial charge in [-0.3, -0.25) is 0 Å². The molecule has 0 aromatic heterocycles. The van der Waals surface area contributed by atoms with Gasteiger partial charge in [-0.05, 0) is 24.0 Å². The number of hydrogen-bond acceptors (Lipinski definition) is 4. The van der Waals surface area contributed by atoms with Gasteiger partial charge < -0.3 is 20.3 Å². The van der Waals surface area contributed by atoms with Gasteiger partial charge in [0.2, 0.25) is 0 Å².